The van der Waals surface area contributed by atoms with Crippen molar-refractivity contribution < 1.29 is 14.3 Å². The predicted molar refractivity (Wildman–Crippen MR) is 91.5 cm³/mol. The summed E-state index contributed by atoms with van der Waals surface area (Å²) in [5.41, 5.74) is 0.110. The Balaban J connectivity index is 2.38. The molecule has 0 radical (unpaired) electrons. The van der Waals surface area contributed by atoms with Gasteiger partial charge in [-0.1, -0.05) is 31.2 Å². The van der Waals surface area contributed by atoms with Gasteiger partial charge in [0.15, 0.2) is 0 Å². The highest BCUT2D eigenvalue weighted by molar-refractivity contribution is 5.78. The first-order chi connectivity index (χ1) is 12.0. The van der Waals surface area contributed by atoms with E-state index in [2.05, 4.69) is 10.3 Å². The van der Waals surface area contributed by atoms with Gasteiger partial charge in [0.2, 0.25) is 0 Å². The van der Waals surface area contributed by atoms with Gasteiger partial charge in [-0.05, 0) is 30.7 Å². The molecule has 2 aromatic carbocycles. The van der Waals surface area contributed by atoms with Crippen LogP contribution in [0.5, 0.6) is 0 Å². The summed E-state index contributed by atoms with van der Waals surface area (Å²) >= 11 is 0. The van der Waals surface area contributed by atoms with Crippen molar-refractivity contribution in [2.24, 2.45) is 0 Å². The number of aromatic nitrogens is 2. The van der Waals surface area contributed by atoms with Crippen LogP contribution < -0.4 is 10.9 Å². The number of carboxylic acid groups (broad SMARTS) is 1. The summed E-state index contributed by atoms with van der Waals surface area (Å²) in [6.07, 6.45) is -0.841. The Labute approximate surface area is 142 Å². The quantitative estimate of drug-likeness (QED) is 0.763. The van der Waals surface area contributed by atoms with E-state index in [4.69, 9.17) is 5.11 Å². The van der Waals surface area contributed by atoms with Crippen LogP contribution in [0.2, 0.25) is 0 Å². The number of hydrogen-bond acceptors (Lipinski definition) is 3. The number of carbonyl (C=O) groups is 1. The second kappa shape index (κ2) is 6.72. The van der Waals surface area contributed by atoms with E-state index in [-0.39, 0.29) is 16.7 Å². The molecular formula is C18H16FN3O3. The molecule has 0 aliphatic rings. The van der Waals surface area contributed by atoms with Crippen LogP contribution in [0.25, 0.3) is 16.6 Å². The Bertz CT molecular complexity index is 986. The average Bonchev–Trinajstić information content (AvgIpc) is 2.60. The van der Waals surface area contributed by atoms with Gasteiger partial charge in [-0.3, -0.25) is 9.36 Å². The fraction of sp³-hybridized carbons (Fsp3) is 0.167. The van der Waals surface area contributed by atoms with E-state index in [0.717, 1.165) is 0 Å². The molecule has 7 heteroatoms. The number of rotatable bonds is 4. The summed E-state index contributed by atoms with van der Waals surface area (Å²) in [5.74, 6) is -0.440. The molecule has 6 nitrogen and oxygen atoms in total. The van der Waals surface area contributed by atoms with Gasteiger partial charge in [-0.15, -0.1) is 0 Å². The first kappa shape index (κ1) is 16.6. The molecule has 1 atom stereocenters. The van der Waals surface area contributed by atoms with Gasteiger partial charge in [0, 0.05) is 0 Å². The van der Waals surface area contributed by atoms with E-state index < -0.39 is 23.5 Å². The van der Waals surface area contributed by atoms with Crippen LogP contribution in [0.15, 0.2) is 53.3 Å². The van der Waals surface area contributed by atoms with Crippen molar-refractivity contribution >= 4 is 17.0 Å². The van der Waals surface area contributed by atoms with Crippen LogP contribution in [0.4, 0.5) is 9.18 Å². The molecule has 1 aromatic heterocycles. The van der Waals surface area contributed by atoms with Crippen molar-refractivity contribution in [2.45, 2.75) is 19.4 Å². The third-order valence-corrected chi connectivity index (χ3v) is 3.90. The fourth-order valence-corrected chi connectivity index (χ4v) is 2.77. The Morgan fingerprint density at radius 1 is 1.24 bits per heavy atom. The molecule has 0 bridgehead atoms. The molecule has 0 saturated heterocycles. The number of fused-ring (bicyclic) bond motifs is 1. The maximum absolute atomic E-state index is 14.2. The van der Waals surface area contributed by atoms with E-state index in [9.17, 15) is 14.0 Å². The highest BCUT2D eigenvalue weighted by atomic mass is 19.1. The zero-order chi connectivity index (χ0) is 18.0. The maximum Gasteiger partial charge on any atom is 0.405 e. The van der Waals surface area contributed by atoms with E-state index in [1.165, 1.54) is 22.8 Å². The Morgan fingerprint density at radius 2 is 1.96 bits per heavy atom. The van der Waals surface area contributed by atoms with E-state index in [1.807, 2.05) is 0 Å². The van der Waals surface area contributed by atoms with Gasteiger partial charge in [-0.25, -0.2) is 14.2 Å². The third-order valence-electron chi connectivity index (χ3n) is 3.90. The molecule has 3 aromatic rings. The van der Waals surface area contributed by atoms with Crippen LogP contribution in [-0.4, -0.2) is 20.8 Å². The first-order valence-corrected chi connectivity index (χ1v) is 7.79. The summed E-state index contributed by atoms with van der Waals surface area (Å²) in [6.45, 7) is 1.78. The van der Waals surface area contributed by atoms with Crippen molar-refractivity contribution in [3.63, 3.8) is 0 Å². The molecule has 2 N–H and O–H groups in total. The van der Waals surface area contributed by atoms with Crippen LogP contribution >= 0.6 is 0 Å². The summed E-state index contributed by atoms with van der Waals surface area (Å²) in [4.78, 5) is 28.5. The van der Waals surface area contributed by atoms with Gasteiger partial charge < -0.3 is 10.4 Å². The smallest absolute Gasteiger partial charge is 0.405 e. The van der Waals surface area contributed by atoms with Crippen LogP contribution in [0.1, 0.15) is 25.2 Å². The topological polar surface area (TPSA) is 84.2 Å². The van der Waals surface area contributed by atoms with Gasteiger partial charge in [0.25, 0.3) is 5.56 Å². The predicted octanol–water partition coefficient (Wildman–Crippen LogP) is 3.24. The number of nitrogens with zero attached hydrogens (tertiary/aromatic N) is 2. The molecule has 1 unspecified atom stereocenters. The molecule has 0 aliphatic heterocycles. The lowest BCUT2D eigenvalue weighted by Gasteiger charge is -2.20. The molecular weight excluding hydrogens is 325 g/mol. The summed E-state index contributed by atoms with van der Waals surface area (Å²) < 4.78 is 15.5. The maximum atomic E-state index is 14.2. The minimum atomic E-state index is -1.22. The zero-order valence-corrected chi connectivity index (χ0v) is 13.4. The number of para-hydroxylation sites is 1. The zero-order valence-electron chi connectivity index (χ0n) is 13.4. The van der Waals surface area contributed by atoms with Crippen molar-refractivity contribution in [3.8, 4) is 5.69 Å². The molecule has 3 rings (SSSR count). The summed E-state index contributed by atoms with van der Waals surface area (Å²) in [5, 5.41) is 11.3. The second-order valence-electron chi connectivity index (χ2n) is 5.49. The minimum Gasteiger partial charge on any atom is -0.465 e. The Morgan fingerprint density at radius 3 is 2.60 bits per heavy atom. The molecule has 1 amide bonds. The lowest BCUT2D eigenvalue weighted by molar-refractivity contribution is 0.188. The number of amides is 1. The molecule has 25 heavy (non-hydrogen) atoms. The molecule has 0 aliphatic carbocycles. The third kappa shape index (κ3) is 3.08. The largest absolute Gasteiger partial charge is 0.465 e. The first-order valence-electron chi connectivity index (χ1n) is 7.79. The Hall–Kier alpha value is -3.22. The normalized spacial score (nSPS) is 12.1. The van der Waals surface area contributed by atoms with Crippen LogP contribution in [0.3, 0.4) is 0 Å². The lowest BCUT2D eigenvalue weighted by Crippen LogP contribution is -2.33. The molecule has 0 saturated carbocycles. The van der Waals surface area contributed by atoms with Gasteiger partial charge in [0.1, 0.15) is 17.0 Å². The number of halogens is 1. The van der Waals surface area contributed by atoms with Crippen molar-refractivity contribution in [2.75, 3.05) is 0 Å². The summed E-state index contributed by atoms with van der Waals surface area (Å²) in [7, 11) is 0. The molecule has 1 heterocycles. The Kier molecular flexibility index (Phi) is 4.47. The highest BCUT2D eigenvalue weighted by Crippen LogP contribution is 2.21. The monoisotopic (exact) mass is 341 g/mol. The summed E-state index contributed by atoms with van der Waals surface area (Å²) in [6, 6.07) is 12.1. The number of nitrogens with one attached hydrogen (secondary N) is 1. The van der Waals surface area contributed by atoms with Crippen molar-refractivity contribution in [1.82, 2.24) is 14.9 Å². The minimum absolute atomic E-state index is 0.125. The van der Waals surface area contributed by atoms with Crippen molar-refractivity contribution in [1.29, 1.82) is 0 Å². The molecule has 128 valence electrons. The van der Waals surface area contributed by atoms with E-state index in [1.54, 1.807) is 37.3 Å². The van der Waals surface area contributed by atoms with E-state index >= 15 is 0 Å². The van der Waals surface area contributed by atoms with Gasteiger partial charge in [0.05, 0.1) is 17.2 Å². The van der Waals surface area contributed by atoms with Crippen molar-refractivity contribution in [3.05, 3.63) is 70.5 Å². The van der Waals surface area contributed by atoms with Gasteiger partial charge in [-0.2, -0.15) is 0 Å². The second-order valence-corrected chi connectivity index (χ2v) is 5.49. The molecule has 0 spiro atoms. The van der Waals surface area contributed by atoms with Crippen LogP contribution in [-0.2, 0) is 0 Å². The van der Waals surface area contributed by atoms with Crippen LogP contribution in [0, 0.1) is 5.82 Å². The van der Waals surface area contributed by atoms with Gasteiger partial charge >= 0.3 is 6.09 Å². The van der Waals surface area contributed by atoms with E-state index in [0.29, 0.717) is 12.1 Å². The number of hydrogen-bond donors (Lipinski definition) is 2. The average molecular weight is 341 g/mol. The highest BCUT2D eigenvalue weighted by Gasteiger charge is 2.22. The molecule has 0 fully saturated rings. The number of benzene rings is 2. The standard InChI is InChI=1S/C18H16FN3O3/c1-2-13(21-18(24)25)16-20-14-10-6-9-12(19)15(14)17(23)22(16)11-7-4-3-5-8-11/h3-10,13,21H,2H2,1H3,(H,24,25). The lowest BCUT2D eigenvalue weighted by atomic mass is 10.1. The SMILES string of the molecule is CCC(NC(=O)O)c1nc2cccc(F)c2c(=O)n1-c1ccccc1. The fourth-order valence-electron chi connectivity index (χ4n) is 2.77.